The quantitative estimate of drug-likeness (QED) is 0.550. The number of hydrogen-bond acceptors (Lipinski definition) is 4. The van der Waals surface area contributed by atoms with Crippen molar-refractivity contribution in [2.24, 2.45) is 11.8 Å². The van der Waals surface area contributed by atoms with E-state index in [0.29, 0.717) is 13.2 Å². The van der Waals surface area contributed by atoms with E-state index in [9.17, 15) is 9.59 Å². The molecule has 2 bridgehead atoms. The van der Waals surface area contributed by atoms with Crippen LogP contribution in [0.1, 0.15) is 33.1 Å². The first-order chi connectivity index (χ1) is 10.1. The largest absolute Gasteiger partial charge is 0.465 e. The van der Waals surface area contributed by atoms with Crippen molar-refractivity contribution in [2.75, 3.05) is 19.7 Å². The Bertz CT molecular complexity index is 475. The van der Waals surface area contributed by atoms with Gasteiger partial charge in [0.2, 0.25) is 5.91 Å². The van der Waals surface area contributed by atoms with Gasteiger partial charge in [-0.2, -0.15) is 0 Å². The van der Waals surface area contributed by atoms with Crippen LogP contribution in [0.25, 0.3) is 0 Å². The smallest absolute Gasteiger partial charge is 0.312 e. The maximum atomic E-state index is 12.7. The number of fused-ring (bicyclic) bond motifs is 1. The third kappa shape index (κ3) is 2.18. The number of rotatable bonds is 6. The van der Waals surface area contributed by atoms with E-state index in [2.05, 4.69) is 6.92 Å². The van der Waals surface area contributed by atoms with Crippen LogP contribution in [0.4, 0.5) is 0 Å². The van der Waals surface area contributed by atoms with E-state index in [0.717, 1.165) is 25.8 Å². The molecule has 1 spiro atoms. The Kier molecular flexibility index (Phi) is 3.78. The Morgan fingerprint density at radius 2 is 2.29 bits per heavy atom. The highest BCUT2D eigenvalue weighted by Gasteiger charge is 2.67. The summed E-state index contributed by atoms with van der Waals surface area (Å²) in [6.07, 6.45) is 6.42. The van der Waals surface area contributed by atoms with Crippen molar-refractivity contribution in [3.63, 3.8) is 0 Å². The zero-order valence-corrected chi connectivity index (χ0v) is 12.7. The van der Waals surface area contributed by atoms with E-state index in [1.165, 1.54) is 0 Å². The Labute approximate surface area is 125 Å². The van der Waals surface area contributed by atoms with Gasteiger partial charge >= 0.3 is 5.97 Å². The Hall–Kier alpha value is -1.36. The summed E-state index contributed by atoms with van der Waals surface area (Å²) in [4.78, 5) is 26.8. The fourth-order valence-electron chi connectivity index (χ4n) is 3.68. The van der Waals surface area contributed by atoms with Crippen LogP contribution in [-0.2, 0) is 19.1 Å². The number of likely N-dealkylation sites (tertiary alicyclic amines) is 1. The lowest BCUT2D eigenvalue weighted by atomic mass is 9.77. The lowest BCUT2D eigenvalue weighted by Crippen LogP contribution is -2.40. The molecule has 0 aliphatic carbocycles. The van der Waals surface area contributed by atoms with Crippen LogP contribution in [-0.4, -0.2) is 48.2 Å². The molecule has 116 valence electrons. The number of hydrogen-bond donors (Lipinski definition) is 0. The summed E-state index contributed by atoms with van der Waals surface area (Å²) < 4.78 is 11.3. The second kappa shape index (κ2) is 5.44. The van der Waals surface area contributed by atoms with Crippen molar-refractivity contribution >= 4 is 11.9 Å². The second-order valence-electron chi connectivity index (χ2n) is 6.18. The predicted molar refractivity (Wildman–Crippen MR) is 76.5 cm³/mol. The minimum absolute atomic E-state index is 0.0498. The van der Waals surface area contributed by atoms with Crippen LogP contribution in [0, 0.1) is 11.8 Å². The van der Waals surface area contributed by atoms with E-state index in [-0.39, 0.29) is 18.0 Å². The van der Waals surface area contributed by atoms with Gasteiger partial charge in [-0.15, -0.1) is 0 Å². The summed E-state index contributed by atoms with van der Waals surface area (Å²) in [7, 11) is 0. The van der Waals surface area contributed by atoms with E-state index in [1.54, 1.807) is 0 Å². The first kappa shape index (κ1) is 14.6. The fraction of sp³-hybridized carbons (Fsp3) is 0.750. The van der Waals surface area contributed by atoms with E-state index < -0.39 is 17.4 Å². The number of amides is 1. The molecule has 2 saturated heterocycles. The average molecular weight is 293 g/mol. The standard InChI is InChI=1S/C16H23NO4/c1-3-5-8-17-10-16-7-6-11(21-16)12(13(16)14(17)18)15(19)20-9-4-2/h6-7,11-13H,3-5,8-10H2,1-2H3/t11-,12?,13-,16+/m0/s1. The molecule has 3 heterocycles. The van der Waals surface area contributed by atoms with Gasteiger partial charge in [0.25, 0.3) is 0 Å². The summed E-state index contributed by atoms with van der Waals surface area (Å²) in [5.74, 6) is -1.10. The number of unbranched alkanes of at least 4 members (excludes halogenated alkanes) is 1. The van der Waals surface area contributed by atoms with Gasteiger partial charge in [0.15, 0.2) is 0 Å². The zero-order valence-electron chi connectivity index (χ0n) is 12.7. The Morgan fingerprint density at radius 1 is 1.48 bits per heavy atom. The molecule has 4 atom stereocenters. The Balaban J connectivity index is 1.78. The van der Waals surface area contributed by atoms with Crippen LogP contribution >= 0.6 is 0 Å². The van der Waals surface area contributed by atoms with Crippen LogP contribution in [0.15, 0.2) is 12.2 Å². The number of nitrogens with zero attached hydrogens (tertiary/aromatic N) is 1. The molecule has 1 unspecified atom stereocenters. The third-order valence-electron chi connectivity index (χ3n) is 4.68. The van der Waals surface area contributed by atoms with Gasteiger partial charge in [-0.3, -0.25) is 9.59 Å². The normalized spacial score (nSPS) is 36.4. The molecule has 3 aliphatic rings. The topological polar surface area (TPSA) is 55.8 Å². The SMILES string of the molecule is CCCCN1C[C@@]23C=C[C@H](O2)C(C(=O)OCCC)[C@H]3C1=O. The zero-order chi connectivity index (χ0) is 15.0. The molecule has 3 rings (SSSR count). The van der Waals surface area contributed by atoms with E-state index in [4.69, 9.17) is 9.47 Å². The van der Waals surface area contributed by atoms with Crippen molar-refractivity contribution in [1.82, 2.24) is 4.90 Å². The summed E-state index contributed by atoms with van der Waals surface area (Å²) in [6.45, 7) is 5.78. The molecular weight excluding hydrogens is 270 g/mol. The number of ether oxygens (including phenoxy) is 2. The first-order valence-electron chi connectivity index (χ1n) is 7.95. The number of carbonyl (C=O) groups excluding carboxylic acids is 2. The highest BCUT2D eigenvalue weighted by molar-refractivity contribution is 5.91. The van der Waals surface area contributed by atoms with Crippen molar-refractivity contribution in [2.45, 2.75) is 44.8 Å². The average Bonchev–Trinajstić information content (AvgIpc) is 3.11. The second-order valence-corrected chi connectivity index (χ2v) is 6.18. The van der Waals surface area contributed by atoms with E-state index in [1.807, 2.05) is 24.0 Å². The van der Waals surface area contributed by atoms with Gasteiger partial charge in [-0.25, -0.2) is 0 Å². The molecule has 0 radical (unpaired) electrons. The summed E-state index contributed by atoms with van der Waals surface area (Å²) >= 11 is 0. The van der Waals surface area contributed by atoms with Gasteiger partial charge in [0.05, 0.1) is 25.2 Å². The molecule has 0 saturated carbocycles. The monoisotopic (exact) mass is 293 g/mol. The molecule has 21 heavy (non-hydrogen) atoms. The fourth-order valence-corrected chi connectivity index (χ4v) is 3.68. The molecule has 0 aromatic heterocycles. The highest BCUT2D eigenvalue weighted by atomic mass is 16.6. The van der Waals surface area contributed by atoms with E-state index >= 15 is 0 Å². The molecule has 3 aliphatic heterocycles. The lowest BCUT2D eigenvalue weighted by molar-refractivity contribution is -0.153. The van der Waals surface area contributed by atoms with Gasteiger partial charge < -0.3 is 14.4 Å². The Morgan fingerprint density at radius 3 is 3.00 bits per heavy atom. The van der Waals surface area contributed by atoms with Crippen molar-refractivity contribution in [3.05, 3.63) is 12.2 Å². The minimum Gasteiger partial charge on any atom is -0.465 e. The van der Waals surface area contributed by atoms with Crippen LogP contribution in [0.5, 0.6) is 0 Å². The van der Waals surface area contributed by atoms with Crippen molar-refractivity contribution in [1.29, 1.82) is 0 Å². The molecule has 5 nitrogen and oxygen atoms in total. The van der Waals surface area contributed by atoms with Gasteiger partial charge in [-0.1, -0.05) is 32.4 Å². The minimum atomic E-state index is -0.592. The summed E-state index contributed by atoms with van der Waals surface area (Å²) in [6, 6.07) is 0. The van der Waals surface area contributed by atoms with Crippen LogP contribution in [0.3, 0.4) is 0 Å². The molecule has 5 heteroatoms. The van der Waals surface area contributed by atoms with Crippen molar-refractivity contribution in [3.8, 4) is 0 Å². The molecule has 0 aromatic rings. The number of esters is 1. The number of carbonyl (C=O) groups is 2. The molecule has 1 amide bonds. The van der Waals surface area contributed by atoms with Gasteiger partial charge in [0.1, 0.15) is 11.5 Å². The molecule has 2 fully saturated rings. The van der Waals surface area contributed by atoms with Gasteiger partial charge in [0, 0.05) is 6.54 Å². The predicted octanol–water partition coefficient (Wildman–Crippen LogP) is 1.52. The van der Waals surface area contributed by atoms with Crippen molar-refractivity contribution < 1.29 is 19.1 Å². The maximum Gasteiger partial charge on any atom is 0.312 e. The molecular formula is C16H23NO4. The maximum absolute atomic E-state index is 12.7. The molecule has 0 N–H and O–H groups in total. The highest BCUT2D eigenvalue weighted by Crippen LogP contribution is 2.52. The van der Waals surface area contributed by atoms with Crippen LogP contribution < -0.4 is 0 Å². The molecule has 0 aromatic carbocycles. The summed E-state index contributed by atoms with van der Waals surface area (Å²) in [5, 5.41) is 0. The lowest BCUT2D eigenvalue weighted by Gasteiger charge is -2.22. The van der Waals surface area contributed by atoms with Gasteiger partial charge in [-0.05, 0) is 12.8 Å². The third-order valence-corrected chi connectivity index (χ3v) is 4.68. The first-order valence-corrected chi connectivity index (χ1v) is 7.95. The van der Waals surface area contributed by atoms with Crippen LogP contribution in [0.2, 0.25) is 0 Å². The summed E-state index contributed by atoms with van der Waals surface area (Å²) in [5.41, 5.74) is -0.592.